The number of nitrogens with zero attached hydrogens (tertiary/aromatic N) is 3. The van der Waals surface area contributed by atoms with Gasteiger partial charge in [-0.25, -0.2) is 4.39 Å². The van der Waals surface area contributed by atoms with E-state index in [1.54, 1.807) is 0 Å². The fourth-order valence-corrected chi connectivity index (χ4v) is 3.24. The molecule has 0 spiro atoms. The van der Waals surface area contributed by atoms with Crippen LogP contribution in [-0.4, -0.2) is 48.0 Å². The summed E-state index contributed by atoms with van der Waals surface area (Å²) in [7, 11) is 1.99. The number of hydrogen-bond donors (Lipinski definition) is 0. The molecule has 2 aromatic rings. The van der Waals surface area contributed by atoms with Crippen molar-refractivity contribution in [2.24, 2.45) is 7.05 Å². The lowest BCUT2D eigenvalue weighted by molar-refractivity contribution is 0.0925. The Morgan fingerprint density at radius 1 is 1.08 bits per heavy atom. The van der Waals surface area contributed by atoms with Gasteiger partial charge >= 0.3 is 0 Å². The van der Waals surface area contributed by atoms with Gasteiger partial charge in [0.25, 0.3) is 0 Å². The first-order valence-corrected chi connectivity index (χ1v) is 8.34. The molecule has 1 aliphatic heterocycles. The number of halogens is 1. The van der Waals surface area contributed by atoms with E-state index in [4.69, 9.17) is 0 Å². The third-order valence-corrected chi connectivity index (χ3v) is 5.01. The molecule has 1 aromatic carbocycles. The van der Waals surface area contributed by atoms with E-state index in [1.165, 1.54) is 12.1 Å². The molecule has 0 aliphatic carbocycles. The number of carbonyl (C=O) groups excluding carboxylic acids is 1. The van der Waals surface area contributed by atoms with Crippen molar-refractivity contribution >= 4 is 11.5 Å². The number of carbonyl (C=O) groups is 1. The Morgan fingerprint density at radius 2 is 1.71 bits per heavy atom. The van der Waals surface area contributed by atoms with Crippen LogP contribution in [0.3, 0.4) is 0 Å². The second-order valence-corrected chi connectivity index (χ2v) is 6.51. The van der Waals surface area contributed by atoms with Crippen LogP contribution < -0.4 is 4.90 Å². The molecule has 0 unspecified atom stereocenters. The molecule has 24 heavy (non-hydrogen) atoms. The highest BCUT2D eigenvalue weighted by Gasteiger charge is 2.21. The van der Waals surface area contributed by atoms with Gasteiger partial charge in [-0.2, -0.15) is 0 Å². The number of aryl methyl sites for hydroxylation is 1. The molecule has 1 aliphatic rings. The van der Waals surface area contributed by atoms with Crippen LogP contribution in [0, 0.1) is 19.7 Å². The molecule has 0 N–H and O–H groups in total. The summed E-state index contributed by atoms with van der Waals surface area (Å²) >= 11 is 0. The van der Waals surface area contributed by atoms with Crippen molar-refractivity contribution in [2.45, 2.75) is 13.8 Å². The number of aromatic nitrogens is 1. The molecule has 0 bridgehead atoms. The maximum Gasteiger partial charge on any atom is 0.178 e. The first kappa shape index (κ1) is 16.7. The molecule has 0 saturated carbocycles. The smallest absolute Gasteiger partial charge is 0.178 e. The SMILES string of the molecule is Cc1cc(C(=O)CN2CCN(c3ccc(F)cc3)CC2)c(C)n1C. The van der Waals surface area contributed by atoms with Gasteiger partial charge in [0.1, 0.15) is 5.82 Å². The number of benzene rings is 1. The highest BCUT2D eigenvalue weighted by molar-refractivity contribution is 5.99. The highest BCUT2D eigenvalue weighted by atomic mass is 19.1. The second-order valence-electron chi connectivity index (χ2n) is 6.51. The Hall–Kier alpha value is -2.14. The Bertz CT molecular complexity index is 728. The molecule has 1 saturated heterocycles. The molecular formula is C19H24FN3O. The van der Waals surface area contributed by atoms with Crippen molar-refractivity contribution in [3.8, 4) is 0 Å². The minimum atomic E-state index is -0.212. The minimum absolute atomic E-state index is 0.187. The summed E-state index contributed by atoms with van der Waals surface area (Å²) in [4.78, 5) is 17.0. The van der Waals surface area contributed by atoms with Crippen LogP contribution in [0.1, 0.15) is 21.7 Å². The Morgan fingerprint density at radius 3 is 2.25 bits per heavy atom. The zero-order valence-corrected chi connectivity index (χ0v) is 14.6. The van der Waals surface area contributed by atoms with Gasteiger partial charge in [0.2, 0.25) is 0 Å². The summed E-state index contributed by atoms with van der Waals surface area (Å²) in [6.07, 6.45) is 0. The van der Waals surface area contributed by atoms with Crippen LogP contribution in [0.15, 0.2) is 30.3 Å². The van der Waals surface area contributed by atoms with E-state index in [2.05, 4.69) is 14.4 Å². The van der Waals surface area contributed by atoms with Gasteiger partial charge in [0, 0.05) is 55.9 Å². The lowest BCUT2D eigenvalue weighted by atomic mass is 10.1. The Kier molecular flexibility index (Phi) is 4.71. The van der Waals surface area contributed by atoms with E-state index in [1.807, 2.05) is 39.1 Å². The van der Waals surface area contributed by atoms with Gasteiger partial charge in [-0.3, -0.25) is 9.69 Å². The Balaban J connectivity index is 1.58. The summed E-state index contributed by atoms with van der Waals surface area (Å²) in [5.41, 5.74) is 4.01. The molecular weight excluding hydrogens is 305 g/mol. The molecule has 0 amide bonds. The largest absolute Gasteiger partial charge is 0.369 e. The number of ketones is 1. The standard InChI is InChI=1S/C19H24FN3O/c1-14-12-18(15(2)21(14)3)19(24)13-22-8-10-23(11-9-22)17-6-4-16(20)5-7-17/h4-7,12H,8-11,13H2,1-3H3. The van der Waals surface area contributed by atoms with E-state index >= 15 is 0 Å². The molecule has 0 radical (unpaired) electrons. The normalized spacial score (nSPS) is 15.8. The Labute approximate surface area is 142 Å². The fraction of sp³-hybridized carbons (Fsp3) is 0.421. The third kappa shape index (κ3) is 3.36. The molecule has 3 rings (SSSR count). The van der Waals surface area contributed by atoms with Crippen LogP contribution in [-0.2, 0) is 7.05 Å². The zero-order valence-electron chi connectivity index (χ0n) is 14.6. The monoisotopic (exact) mass is 329 g/mol. The van der Waals surface area contributed by atoms with E-state index in [0.717, 1.165) is 48.8 Å². The molecule has 4 nitrogen and oxygen atoms in total. The highest BCUT2D eigenvalue weighted by Crippen LogP contribution is 2.18. The van der Waals surface area contributed by atoms with Crippen LogP contribution in [0.25, 0.3) is 0 Å². The van der Waals surface area contributed by atoms with E-state index in [9.17, 15) is 9.18 Å². The summed E-state index contributed by atoms with van der Waals surface area (Å²) in [5, 5.41) is 0. The summed E-state index contributed by atoms with van der Waals surface area (Å²) < 4.78 is 15.1. The average Bonchev–Trinajstić information content (AvgIpc) is 2.84. The molecule has 5 heteroatoms. The quantitative estimate of drug-likeness (QED) is 0.808. The molecule has 0 atom stereocenters. The lowest BCUT2D eigenvalue weighted by Crippen LogP contribution is -2.48. The third-order valence-electron chi connectivity index (χ3n) is 5.01. The summed E-state index contributed by atoms with van der Waals surface area (Å²) in [5.74, 6) is -0.0251. The number of piperazine rings is 1. The van der Waals surface area contributed by atoms with Crippen molar-refractivity contribution in [1.82, 2.24) is 9.47 Å². The van der Waals surface area contributed by atoms with Crippen molar-refractivity contribution in [3.63, 3.8) is 0 Å². The average molecular weight is 329 g/mol. The van der Waals surface area contributed by atoms with Crippen LogP contribution in [0.4, 0.5) is 10.1 Å². The van der Waals surface area contributed by atoms with Crippen LogP contribution in [0.2, 0.25) is 0 Å². The zero-order chi connectivity index (χ0) is 17.3. The van der Waals surface area contributed by atoms with E-state index < -0.39 is 0 Å². The maximum atomic E-state index is 13.0. The number of anilines is 1. The van der Waals surface area contributed by atoms with Gasteiger partial charge in [-0.1, -0.05) is 0 Å². The minimum Gasteiger partial charge on any atom is -0.369 e. The number of Topliss-reactive ketones (excluding diaryl/α,β-unsaturated/α-hetero) is 1. The van der Waals surface area contributed by atoms with Gasteiger partial charge in [-0.05, 0) is 44.2 Å². The van der Waals surface area contributed by atoms with Gasteiger partial charge in [0.05, 0.1) is 6.54 Å². The topological polar surface area (TPSA) is 28.5 Å². The number of hydrogen-bond acceptors (Lipinski definition) is 3. The molecule has 128 valence electrons. The molecule has 2 heterocycles. The van der Waals surface area contributed by atoms with Crippen molar-refractivity contribution in [2.75, 3.05) is 37.6 Å². The van der Waals surface area contributed by atoms with Crippen molar-refractivity contribution < 1.29 is 9.18 Å². The lowest BCUT2D eigenvalue weighted by Gasteiger charge is -2.35. The predicted octanol–water partition coefficient (Wildman–Crippen LogP) is 2.79. The van der Waals surface area contributed by atoms with Gasteiger partial charge in [0.15, 0.2) is 5.78 Å². The maximum absolute atomic E-state index is 13.0. The predicted molar refractivity (Wildman–Crippen MR) is 94.3 cm³/mol. The number of rotatable bonds is 4. The molecule has 1 fully saturated rings. The van der Waals surface area contributed by atoms with Crippen molar-refractivity contribution in [1.29, 1.82) is 0 Å². The van der Waals surface area contributed by atoms with Crippen molar-refractivity contribution in [3.05, 3.63) is 53.1 Å². The van der Waals surface area contributed by atoms with E-state index in [0.29, 0.717) is 6.54 Å². The van der Waals surface area contributed by atoms with E-state index in [-0.39, 0.29) is 11.6 Å². The molecule has 1 aromatic heterocycles. The first-order chi connectivity index (χ1) is 11.5. The first-order valence-electron chi connectivity index (χ1n) is 8.34. The second kappa shape index (κ2) is 6.77. The summed E-state index contributed by atoms with van der Waals surface area (Å²) in [6, 6.07) is 8.59. The fourth-order valence-electron chi connectivity index (χ4n) is 3.24. The van der Waals surface area contributed by atoms with Crippen LogP contribution in [0.5, 0.6) is 0 Å². The summed E-state index contributed by atoms with van der Waals surface area (Å²) in [6.45, 7) is 7.86. The van der Waals surface area contributed by atoms with Gasteiger partial charge < -0.3 is 9.47 Å². The van der Waals surface area contributed by atoms with Crippen LogP contribution >= 0.6 is 0 Å². The van der Waals surface area contributed by atoms with Gasteiger partial charge in [-0.15, -0.1) is 0 Å².